The molecular formula is C14H26N4OS. The van der Waals surface area contributed by atoms with Crippen LogP contribution in [0.4, 0.5) is 0 Å². The van der Waals surface area contributed by atoms with Crippen LogP contribution in [0, 0.1) is 0 Å². The molecule has 1 heterocycles. The zero-order valence-electron chi connectivity index (χ0n) is 12.8. The van der Waals surface area contributed by atoms with Crippen molar-refractivity contribution >= 4 is 23.6 Å². The molecule has 1 aliphatic heterocycles. The minimum atomic E-state index is 0.0151. The van der Waals surface area contributed by atoms with Gasteiger partial charge in [0.15, 0.2) is 5.96 Å². The lowest BCUT2D eigenvalue weighted by Gasteiger charge is -2.34. The Morgan fingerprint density at radius 2 is 2.35 bits per heavy atom. The first-order valence-electron chi connectivity index (χ1n) is 7.04. The molecule has 0 spiro atoms. The van der Waals surface area contributed by atoms with Crippen LogP contribution in [0.25, 0.3) is 0 Å². The Hall–Kier alpha value is -1.17. The van der Waals surface area contributed by atoms with Crippen molar-refractivity contribution in [2.45, 2.75) is 18.6 Å². The Morgan fingerprint density at radius 1 is 1.60 bits per heavy atom. The summed E-state index contributed by atoms with van der Waals surface area (Å²) in [6, 6.07) is 0. The molecule has 0 bridgehead atoms. The molecule has 1 aliphatic rings. The minimum absolute atomic E-state index is 0.0151. The third-order valence-electron chi connectivity index (χ3n) is 3.16. The predicted molar refractivity (Wildman–Crippen MR) is 87.3 cm³/mol. The number of carbonyl (C=O) groups is 1. The monoisotopic (exact) mass is 298 g/mol. The fourth-order valence-electron chi connectivity index (χ4n) is 1.87. The van der Waals surface area contributed by atoms with Gasteiger partial charge >= 0.3 is 0 Å². The van der Waals surface area contributed by atoms with Crippen molar-refractivity contribution in [1.82, 2.24) is 15.1 Å². The number of rotatable bonds is 5. The Balaban J connectivity index is 2.69. The largest absolute Gasteiger partial charge is 0.353 e. The summed E-state index contributed by atoms with van der Waals surface area (Å²) >= 11 is 2.02. The average molecular weight is 298 g/mol. The predicted octanol–water partition coefficient (Wildman–Crippen LogP) is 1.03. The number of likely N-dealkylation sites (N-methyl/N-ethyl adjacent to an activating group) is 1. The maximum absolute atomic E-state index is 11.7. The molecule has 5 nitrogen and oxygen atoms in total. The number of hydrogen-bond donors (Lipinski definition) is 1. The number of thioether (sulfide) groups is 1. The van der Waals surface area contributed by atoms with Crippen LogP contribution >= 0.6 is 11.8 Å². The zero-order valence-corrected chi connectivity index (χ0v) is 13.6. The van der Waals surface area contributed by atoms with Crippen molar-refractivity contribution in [1.29, 1.82) is 0 Å². The van der Waals surface area contributed by atoms with E-state index in [0.717, 1.165) is 31.2 Å². The summed E-state index contributed by atoms with van der Waals surface area (Å²) in [4.78, 5) is 19.9. The van der Waals surface area contributed by atoms with Crippen LogP contribution in [0.2, 0.25) is 0 Å². The third-order valence-corrected chi connectivity index (χ3v) is 4.53. The van der Waals surface area contributed by atoms with Gasteiger partial charge in [-0.1, -0.05) is 13.0 Å². The zero-order chi connectivity index (χ0) is 15.0. The van der Waals surface area contributed by atoms with Gasteiger partial charge in [-0.2, -0.15) is 11.8 Å². The van der Waals surface area contributed by atoms with Gasteiger partial charge in [0.1, 0.15) is 6.54 Å². The van der Waals surface area contributed by atoms with Gasteiger partial charge in [0, 0.05) is 44.7 Å². The number of nitrogens with zero attached hydrogens (tertiary/aromatic N) is 3. The van der Waals surface area contributed by atoms with Gasteiger partial charge in [-0.15, -0.1) is 6.58 Å². The summed E-state index contributed by atoms with van der Waals surface area (Å²) in [6.45, 7) is 8.74. The average Bonchev–Trinajstić information content (AvgIpc) is 2.47. The van der Waals surface area contributed by atoms with Crippen LogP contribution in [0.1, 0.15) is 13.3 Å². The van der Waals surface area contributed by atoms with Crippen LogP contribution in [0.15, 0.2) is 17.6 Å². The van der Waals surface area contributed by atoms with E-state index >= 15 is 0 Å². The topological polar surface area (TPSA) is 47.9 Å². The summed E-state index contributed by atoms with van der Waals surface area (Å²) in [5.74, 6) is 1.94. The second-order valence-corrected chi connectivity index (χ2v) is 6.35. The van der Waals surface area contributed by atoms with Gasteiger partial charge in [0.05, 0.1) is 0 Å². The summed E-state index contributed by atoms with van der Waals surface area (Å²) < 4.78 is 0. The normalized spacial score (nSPS) is 19.6. The SMILES string of the molecule is C=CCNC(=NCC(=O)N(C)C)N1CCSC(CC)C1. The van der Waals surface area contributed by atoms with Crippen molar-refractivity contribution in [2.24, 2.45) is 4.99 Å². The highest BCUT2D eigenvalue weighted by atomic mass is 32.2. The maximum Gasteiger partial charge on any atom is 0.243 e. The molecule has 6 heteroatoms. The third kappa shape index (κ3) is 5.45. The molecule has 114 valence electrons. The fourth-order valence-corrected chi connectivity index (χ4v) is 3.05. The second kappa shape index (κ2) is 8.89. The van der Waals surface area contributed by atoms with Crippen LogP contribution in [-0.4, -0.2) is 72.9 Å². The van der Waals surface area contributed by atoms with Crippen molar-refractivity contribution in [3.8, 4) is 0 Å². The quantitative estimate of drug-likeness (QED) is 0.468. The molecule has 0 aliphatic carbocycles. The molecule has 20 heavy (non-hydrogen) atoms. The number of carbonyl (C=O) groups excluding carboxylic acids is 1. The smallest absolute Gasteiger partial charge is 0.243 e. The number of hydrogen-bond acceptors (Lipinski definition) is 3. The van der Waals surface area contributed by atoms with Crippen molar-refractivity contribution in [2.75, 3.05) is 46.0 Å². The molecule has 0 aromatic rings. The summed E-state index contributed by atoms with van der Waals surface area (Å²) in [6.07, 6.45) is 2.96. The van der Waals surface area contributed by atoms with E-state index in [2.05, 4.69) is 28.7 Å². The lowest BCUT2D eigenvalue weighted by Crippen LogP contribution is -2.48. The van der Waals surface area contributed by atoms with Gasteiger partial charge < -0.3 is 15.1 Å². The number of aliphatic imine (C=N–C) groups is 1. The lowest BCUT2D eigenvalue weighted by molar-refractivity contribution is -0.127. The highest BCUT2D eigenvalue weighted by molar-refractivity contribution is 8.00. The van der Waals surface area contributed by atoms with E-state index in [-0.39, 0.29) is 12.5 Å². The van der Waals surface area contributed by atoms with Crippen LogP contribution in [-0.2, 0) is 4.79 Å². The van der Waals surface area contributed by atoms with Gasteiger partial charge in [-0.3, -0.25) is 4.79 Å². The molecule has 1 N–H and O–H groups in total. The van der Waals surface area contributed by atoms with Gasteiger partial charge in [-0.05, 0) is 6.42 Å². The molecule has 1 rings (SSSR count). The van der Waals surface area contributed by atoms with E-state index in [4.69, 9.17) is 0 Å². The number of amides is 1. The standard InChI is InChI=1S/C14H26N4OS/c1-5-7-15-14(16-10-13(19)17(3)4)18-8-9-20-12(6-2)11-18/h5,12H,1,6-11H2,2-4H3,(H,15,16). The van der Waals surface area contributed by atoms with Gasteiger partial charge in [-0.25, -0.2) is 4.99 Å². The van der Waals surface area contributed by atoms with Gasteiger partial charge in [0.25, 0.3) is 0 Å². The minimum Gasteiger partial charge on any atom is -0.353 e. The molecule has 1 amide bonds. The first-order valence-corrected chi connectivity index (χ1v) is 8.09. The first kappa shape index (κ1) is 16.9. The van der Waals surface area contributed by atoms with E-state index in [1.54, 1.807) is 25.1 Å². The van der Waals surface area contributed by atoms with E-state index in [9.17, 15) is 4.79 Å². The van der Waals surface area contributed by atoms with Crippen molar-refractivity contribution in [3.05, 3.63) is 12.7 Å². The molecule has 0 aromatic heterocycles. The lowest BCUT2D eigenvalue weighted by atomic mass is 10.3. The number of guanidine groups is 1. The Bertz CT molecular complexity index is 357. The van der Waals surface area contributed by atoms with Crippen LogP contribution in [0.3, 0.4) is 0 Å². The van der Waals surface area contributed by atoms with Crippen molar-refractivity contribution < 1.29 is 4.79 Å². The van der Waals surface area contributed by atoms with E-state index in [1.165, 1.54) is 0 Å². The van der Waals surface area contributed by atoms with Crippen LogP contribution < -0.4 is 5.32 Å². The molecular weight excluding hydrogens is 272 g/mol. The molecule has 0 radical (unpaired) electrons. The molecule has 1 saturated heterocycles. The van der Waals surface area contributed by atoms with Crippen molar-refractivity contribution in [3.63, 3.8) is 0 Å². The Morgan fingerprint density at radius 3 is 2.95 bits per heavy atom. The maximum atomic E-state index is 11.7. The molecule has 1 unspecified atom stereocenters. The van der Waals surface area contributed by atoms with Gasteiger partial charge in [0.2, 0.25) is 5.91 Å². The highest BCUT2D eigenvalue weighted by Gasteiger charge is 2.21. The molecule has 0 saturated carbocycles. The summed E-state index contributed by atoms with van der Waals surface area (Å²) in [7, 11) is 3.50. The molecule has 1 atom stereocenters. The Labute approximate surface area is 126 Å². The number of nitrogens with one attached hydrogen (secondary N) is 1. The summed E-state index contributed by atoms with van der Waals surface area (Å²) in [5.41, 5.74) is 0. The second-order valence-electron chi connectivity index (χ2n) is 4.94. The highest BCUT2D eigenvalue weighted by Crippen LogP contribution is 2.20. The molecule has 1 fully saturated rings. The van der Waals surface area contributed by atoms with E-state index in [0.29, 0.717) is 11.8 Å². The molecule has 0 aromatic carbocycles. The first-order chi connectivity index (χ1) is 9.58. The van der Waals surface area contributed by atoms with E-state index < -0.39 is 0 Å². The van der Waals surface area contributed by atoms with E-state index in [1.807, 2.05) is 11.8 Å². The summed E-state index contributed by atoms with van der Waals surface area (Å²) in [5, 5.41) is 3.90. The van der Waals surface area contributed by atoms with Crippen LogP contribution in [0.5, 0.6) is 0 Å². The fraction of sp³-hybridized carbons (Fsp3) is 0.714. The Kier molecular flexibility index (Phi) is 7.51.